The van der Waals surface area contributed by atoms with E-state index in [0.29, 0.717) is 38.3 Å². The number of carboxylic acid groups (broad SMARTS) is 1. The predicted octanol–water partition coefficient (Wildman–Crippen LogP) is 2.59. The summed E-state index contributed by atoms with van der Waals surface area (Å²) in [7, 11) is 1.83. The number of likely N-dealkylation sites (N-methyl/N-ethyl adjacent to an activating group) is 1. The lowest BCUT2D eigenvalue weighted by Gasteiger charge is -2.35. The van der Waals surface area contributed by atoms with Gasteiger partial charge in [-0.15, -0.1) is 0 Å². The van der Waals surface area contributed by atoms with Crippen LogP contribution in [0.4, 0.5) is 0 Å². The van der Waals surface area contributed by atoms with Gasteiger partial charge in [-0.1, -0.05) is 32.4 Å². The number of hydrazone groups is 1. The van der Waals surface area contributed by atoms with Crippen molar-refractivity contribution >= 4 is 23.4 Å². The second kappa shape index (κ2) is 11.3. The molecule has 0 radical (unpaired) electrons. The van der Waals surface area contributed by atoms with E-state index in [9.17, 15) is 14.7 Å². The molecule has 2 heterocycles. The van der Waals surface area contributed by atoms with Gasteiger partial charge in [0.15, 0.2) is 12.1 Å². The molecule has 2 unspecified atom stereocenters. The highest BCUT2D eigenvalue weighted by Crippen LogP contribution is 2.27. The van der Waals surface area contributed by atoms with Crippen molar-refractivity contribution in [3.63, 3.8) is 0 Å². The van der Waals surface area contributed by atoms with E-state index < -0.39 is 12.1 Å². The summed E-state index contributed by atoms with van der Waals surface area (Å²) in [5.41, 5.74) is 1.84. The molecule has 0 saturated heterocycles. The fraction of sp³-hybridized carbons (Fsp3) is 0.583. The molecule has 0 aromatic heterocycles. The van der Waals surface area contributed by atoms with Crippen LogP contribution in [-0.4, -0.2) is 83.4 Å². The van der Waals surface area contributed by atoms with Gasteiger partial charge in [0.05, 0.1) is 12.3 Å². The number of carbonyl (C=O) groups excluding carboxylic acids is 1. The Labute approximate surface area is 195 Å². The zero-order valence-electron chi connectivity index (χ0n) is 19.9. The third-order valence-electron chi connectivity index (χ3n) is 5.84. The van der Waals surface area contributed by atoms with Crippen molar-refractivity contribution in [2.75, 3.05) is 26.8 Å². The van der Waals surface area contributed by atoms with E-state index in [1.807, 2.05) is 26.1 Å². The average Bonchev–Trinajstić information content (AvgIpc) is 3.11. The molecule has 1 aromatic carbocycles. The standard InChI is InChI=1S/C24H34N4O5/c1-5-8-18-21-22(27(4)26-18)23(29)28(20(6-2)25-21)13-14-33-17-11-9-16(10-12-17)15-19(24(30)31)32-7-3/h9-12,19,21-22H,5-8,13-15H2,1-4H3,(H,30,31)/t19-,21?,22?/m1/s1. The third kappa shape index (κ3) is 5.71. The molecule has 9 heteroatoms. The number of carboxylic acids is 1. The highest BCUT2D eigenvalue weighted by atomic mass is 16.5. The third-order valence-corrected chi connectivity index (χ3v) is 5.84. The van der Waals surface area contributed by atoms with E-state index in [0.717, 1.165) is 30.0 Å². The summed E-state index contributed by atoms with van der Waals surface area (Å²) in [6.45, 7) is 6.95. The zero-order valence-corrected chi connectivity index (χ0v) is 19.9. The summed E-state index contributed by atoms with van der Waals surface area (Å²) >= 11 is 0. The van der Waals surface area contributed by atoms with Crippen LogP contribution in [0.1, 0.15) is 45.6 Å². The Morgan fingerprint density at radius 1 is 1.21 bits per heavy atom. The van der Waals surface area contributed by atoms with E-state index in [1.54, 1.807) is 29.0 Å². The largest absolute Gasteiger partial charge is 0.492 e. The molecule has 0 saturated carbocycles. The summed E-state index contributed by atoms with van der Waals surface area (Å²) in [5, 5.41) is 15.6. The molecular weight excluding hydrogens is 424 g/mol. The van der Waals surface area contributed by atoms with Gasteiger partial charge in [0.2, 0.25) is 0 Å². The van der Waals surface area contributed by atoms with E-state index in [1.165, 1.54) is 0 Å². The minimum atomic E-state index is -0.973. The van der Waals surface area contributed by atoms with Crippen molar-refractivity contribution in [1.82, 2.24) is 9.91 Å². The molecule has 0 bridgehead atoms. The molecule has 1 amide bonds. The lowest BCUT2D eigenvalue weighted by molar-refractivity contribution is -0.150. The van der Waals surface area contributed by atoms with Crippen LogP contribution in [-0.2, 0) is 20.7 Å². The fourth-order valence-corrected chi connectivity index (χ4v) is 4.25. The van der Waals surface area contributed by atoms with Gasteiger partial charge >= 0.3 is 5.97 Å². The first-order valence-corrected chi connectivity index (χ1v) is 11.6. The average molecular weight is 459 g/mol. The molecule has 2 aliphatic heterocycles. The summed E-state index contributed by atoms with van der Waals surface area (Å²) in [5.74, 6) is 0.471. The second-order valence-electron chi connectivity index (χ2n) is 8.17. The number of carbonyl (C=O) groups is 2. The van der Waals surface area contributed by atoms with Crippen molar-refractivity contribution in [1.29, 1.82) is 0 Å². The Bertz CT molecular complexity index is 899. The Balaban J connectivity index is 1.59. The highest BCUT2D eigenvalue weighted by molar-refractivity contribution is 6.09. The molecule has 33 heavy (non-hydrogen) atoms. The van der Waals surface area contributed by atoms with Gasteiger partial charge in [-0.3, -0.25) is 19.7 Å². The van der Waals surface area contributed by atoms with Gasteiger partial charge < -0.3 is 14.6 Å². The van der Waals surface area contributed by atoms with Gasteiger partial charge in [-0.05, 0) is 31.0 Å². The number of nitrogens with zero attached hydrogens (tertiary/aromatic N) is 4. The number of hydrogen-bond acceptors (Lipinski definition) is 7. The van der Waals surface area contributed by atoms with Crippen molar-refractivity contribution in [3.05, 3.63) is 29.8 Å². The SMILES string of the molecule is CCCC1=NN(C)C2C(=O)N(CCOc3ccc(C[C@@H](OCC)C(=O)O)cc3)C(CC)=NC12. The van der Waals surface area contributed by atoms with Crippen molar-refractivity contribution in [2.24, 2.45) is 10.1 Å². The Morgan fingerprint density at radius 2 is 1.94 bits per heavy atom. The number of benzene rings is 1. The monoisotopic (exact) mass is 458 g/mol. The molecule has 2 aliphatic rings. The summed E-state index contributed by atoms with van der Waals surface area (Å²) < 4.78 is 11.1. The topological polar surface area (TPSA) is 104 Å². The number of aliphatic carboxylic acids is 1. The number of fused-ring (bicyclic) bond motifs is 1. The molecule has 1 aromatic rings. The lowest BCUT2D eigenvalue weighted by atomic mass is 9.98. The first-order valence-electron chi connectivity index (χ1n) is 11.6. The number of hydrogen-bond donors (Lipinski definition) is 1. The maximum absolute atomic E-state index is 13.2. The van der Waals surface area contributed by atoms with Crippen LogP contribution in [0.5, 0.6) is 5.75 Å². The number of amides is 1. The van der Waals surface area contributed by atoms with Gasteiger partial charge in [0, 0.05) is 26.5 Å². The zero-order chi connectivity index (χ0) is 24.0. The first kappa shape index (κ1) is 24.7. The molecule has 0 fully saturated rings. The lowest BCUT2D eigenvalue weighted by Crippen LogP contribution is -2.56. The number of amidine groups is 1. The number of aliphatic imine (C=N–C) groups is 1. The predicted molar refractivity (Wildman–Crippen MR) is 126 cm³/mol. The van der Waals surface area contributed by atoms with Gasteiger partial charge in [-0.2, -0.15) is 5.10 Å². The van der Waals surface area contributed by atoms with Crippen LogP contribution < -0.4 is 4.74 Å². The maximum Gasteiger partial charge on any atom is 0.333 e. The summed E-state index contributed by atoms with van der Waals surface area (Å²) in [6, 6.07) is 6.71. The number of ether oxygens (including phenoxy) is 2. The fourth-order valence-electron chi connectivity index (χ4n) is 4.25. The van der Waals surface area contributed by atoms with Crippen LogP contribution in [0.25, 0.3) is 0 Å². The molecule has 3 atom stereocenters. The number of rotatable bonds is 12. The molecule has 0 spiro atoms. The molecule has 9 nitrogen and oxygen atoms in total. The smallest absolute Gasteiger partial charge is 0.333 e. The molecular formula is C24H34N4O5. The Morgan fingerprint density at radius 3 is 2.55 bits per heavy atom. The molecule has 3 rings (SSSR count). The minimum Gasteiger partial charge on any atom is -0.492 e. The van der Waals surface area contributed by atoms with Crippen molar-refractivity contribution < 1.29 is 24.2 Å². The van der Waals surface area contributed by atoms with Crippen LogP contribution in [0.2, 0.25) is 0 Å². The molecule has 0 aliphatic carbocycles. The molecule has 1 N–H and O–H groups in total. The quantitative estimate of drug-likeness (QED) is 0.516. The van der Waals surface area contributed by atoms with Gasteiger partial charge in [0.1, 0.15) is 24.2 Å². The molecule has 180 valence electrons. The Hall–Kier alpha value is -2.94. The van der Waals surface area contributed by atoms with Crippen LogP contribution in [0, 0.1) is 0 Å². The van der Waals surface area contributed by atoms with Crippen LogP contribution in [0.3, 0.4) is 0 Å². The normalized spacial score (nSPS) is 20.9. The summed E-state index contributed by atoms with van der Waals surface area (Å²) in [6.07, 6.45) is 1.91. The van der Waals surface area contributed by atoms with E-state index in [2.05, 4.69) is 12.0 Å². The highest BCUT2D eigenvalue weighted by Gasteiger charge is 2.46. The minimum absolute atomic E-state index is 0.0128. The van der Waals surface area contributed by atoms with Crippen LogP contribution in [0.15, 0.2) is 34.4 Å². The Kier molecular flexibility index (Phi) is 8.43. The van der Waals surface area contributed by atoms with E-state index in [-0.39, 0.29) is 18.0 Å². The maximum atomic E-state index is 13.2. The summed E-state index contributed by atoms with van der Waals surface area (Å²) in [4.78, 5) is 31.1. The van der Waals surface area contributed by atoms with Crippen LogP contribution >= 0.6 is 0 Å². The van der Waals surface area contributed by atoms with Crippen molar-refractivity contribution in [3.8, 4) is 5.75 Å². The van der Waals surface area contributed by atoms with Gasteiger partial charge in [0.25, 0.3) is 5.91 Å². The van der Waals surface area contributed by atoms with Gasteiger partial charge in [-0.25, -0.2) is 4.79 Å². The first-order chi connectivity index (χ1) is 15.9. The van der Waals surface area contributed by atoms with E-state index in [4.69, 9.17) is 14.5 Å². The van der Waals surface area contributed by atoms with Crippen molar-refractivity contribution in [2.45, 2.75) is 64.6 Å². The second-order valence-corrected chi connectivity index (χ2v) is 8.17. The van der Waals surface area contributed by atoms with E-state index >= 15 is 0 Å².